The largest absolute Gasteiger partial charge is 0.496 e. The number of rotatable bonds is 3. The summed E-state index contributed by atoms with van der Waals surface area (Å²) in [7, 11) is 1.64. The van der Waals surface area contributed by atoms with Gasteiger partial charge in [0.2, 0.25) is 0 Å². The molecule has 0 radical (unpaired) electrons. The van der Waals surface area contributed by atoms with E-state index in [4.69, 9.17) is 9.72 Å². The summed E-state index contributed by atoms with van der Waals surface area (Å²) in [6.45, 7) is 3.77. The molecule has 1 aromatic carbocycles. The Morgan fingerprint density at radius 2 is 1.90 bits per heavy atom. The molecule has 0 saturated heterocycles. The molecule has 0 amide bonds. The van der Waals surface area contributed by atoms with E-state index in [1.807, 2.05) is 53.8 Å². The first-order valence-corrected chi connectivity index (χ1v) is 6.93. The van der Waals surface area contributed by atoms with Gasteiger partial charge in [0.1, 0.15) is 11.4 Å². The maximum atomic E-state index is 10.2. The highest BCUT2D eigenvalue weighted by Gasteiger charge is 2.20. The van der Waals surface area contributed by atoms with Crippen LogP contribution in [0.15, 0.2) is 42.5 Å². The molecular weight excluding hydrogens is 264 g/mol. The number of para-hydroxylation sites is 1. The van der Waals surface area contributed by atoms with Crippen molar-refractivity contribution < 1.29 is 9.84 Å². The van der Waals surface area contributed by atoms with Crippen molar-refractivity contribution in [3.8, 4) is 17.0 Å². The smallest absolute Gasteiger partial charge is 0.137 e. The van der Waals surface area contributed by atoms with Crippen LogP contribution in [-0.2, 0) is 0 Å². The topological polar surface area (TPSA) is 46.8 Å². The number of pyridine rings is 1. The average Bonchev–Trinajstić information content (AvgIpc) is 2.88. The summed E-state index contributed by atoms with van der Waals surface area (Å²) in [5, 5.41) is 10.2. The van der Waals surface area contributed by atoms with Crippen LogP contribution >= 0.6 is 0 Å². The second kappa shape index (κ2) is 5.22. The second-order valence-electron chi connectivity index (χ2n) is 5.08. The van der Waals surface area contributed by atoms with Crippen molar-refractivity contribution in [3.05, 3.63) is 53.9 Å². The van der Waals surface area contributed by atoms with E-state index >= 15 is 0 Å². The van der Waals surface area contributed by atoms with Crippen LogP contribution in [0.1, 0.15) is 24.4 Å². The lowest BCUT2D eigenvalue weighted by molar-refractivity contribution is 0.193. The van der Waals surface area contributed by atoms with Crippen LogP contribution in [-0.4, -0.2) is 21.6 Å². The summed E-state index contributed by atoms with van der Waals surface area (Å²) >= 11 is 0. The van der Waals surface area contributed by atoms with Gasteiger partial charge >= 0.3 is 0 Å². The number of aliphatic hydroxyl groups excluding tert-OH is 1. The lowest BCUT2D eigenvalue weighted by Gasteiger charge is -2.11. The lowest BCUT2D eigenvalue weighted by atomic mass is 10.1. The van der Waals surface area contributed by atoms with Crippen LogP contribution in [0.4, 0.5) is 0 Å². The number of benzene rings is 1. The van der Waals surface area contributed by atoms with Gasteiger partial charge in [0.25, 0.3) is 0 Å². The van der Waals surface area contributed by atoms with Gasteiger partial charge < -0.3 is 9.84 Å². The number of hydrogen-bond acceptors (Lipinski definition) is 3. The first kappa shape index (κ1) is 13.6. The number of aryl methyl sites for hydroxylation is 1. The highest BCUT2D eigenvalue weighted by Crippen LogP contribution is 2.35. The molecule has 2 heterocycles. The third-order valence-corrected chi connectivity index (χ3v) is 3.63. The quantitative estimate of drug-likeness (QED) is 0.801. The highest BCUT2D eigenvalue weighted by molar-refractivity contribution is 5.72. The van der Waals surface area contributed by atoms with Crippen molar-refractivity contribution >= 4 is 5.65 Å². The average molecular weight is 282 g/mol. The molecule has 0 spiro atoms. The molecule has 3 rings (SSSR count). The van der Waals surface area contributed by atoms with E-state index in [9.17, 15) is 5.11 Å². The monoisotopic (exact) mass is 282 g/mol. The molecule has 4 nitrogen and oxygen atoms in total. The fourth-order valence-electron chi connectivity index (χ4n) is 2.70. The number of ether oxygens (including phenoxy) is 1. The summed E-state index contributed by atoms with van der Waals surface area (Å²) in [4.78, 5) is 4.70. The Morgan fingerprint density at radius 3 is 2.62 bits per heavy atom. The molecule has 0 aliphatic rings. The minimum Gasteiger partial charge on any atom is -0.496 e. The van der Waals surface area contributed by atoms with Crippen LogP contribution in [0.5, 0.6) is 5.75 Å². The van der Waals surface area contributed by atoms with Crippen molar-refractivity contribution in [2.75, 3.05) is 7.11 Å². The van der Waals surface area contributed by atoms with E-state index in [-0.39, 0.29) is 0 Å². The summed E-state index contributed by atoms with van der Waals surface area (Å²) in [5.41, 5.74) is 4.30. The Hall–Kier alpha value is -2.33. The number of fused-ring (bicyclic) bond motifs is 1. The Labute approximate surface area is 123 Å². The van der Waals surface area contributed by atoms with Gasteiger partial charge in [0.15, 0.2) is 0 Å². The van der Waals surface area contributed by atoms with E-state index in [0.717, 1.165) is 34.0 Å². The van der Waals surface area contributed by atoms with Crippen LogP contribution in [0.2, 0.25) is 0 Å². The molecule has 2 aromatic heterocycles. The molecule has 21 heavy (non-hydrogen) atoms. The lowest BCUT2D eigenvalue weighted by Crippen LogP contribution is -2.02. The molecule has 0 saturated carbocycles. The van der Waals surface area contributed by atoms with E-state index in [2.05, 4.69) is 0 Å². The zero-order valence-electron chi connectivity index (χ0n) is 12.4. The van der Waals surface area contributed by atoms with Gasteiger partial charge in [-0.05, 0) is 38.1 Å². The maximum absolute atomic E-state index is 10.2. The fraction of sp³-hybridized carbons (Fsp3) is 0.235. The summed E-state index contributed by atoms with van der Waals surface area (Å²) in [5.74, 6) is 0.750. The number of nitrogens with zero attached hydrogens (tertiary/aromatic N) is 2. The molecule has 1 atom stereocenters. The Bertz CT molecular complexity index is 791. The third kappa shape index (κ3) is 2.17. The molecule has 108 valence electrons. The molecular formula is C17H18N2O2. The summed E-state index contributed by atoms with van der Waals surface area (Å²) in [6, 6.07) is 13.6. The number of aromatic nitrogens is 2. The molecule has 4 heteroatoms. The predicted octanol–water partition coefficient (Wildman–Crippen LogP) is 3.37. The number of aliphatic hydroxyl groups is 1. The fourth-order valence-corrected chi connectivity index (χ4v) is 2.70. The molecule has 3 aromatic rings. The van der Waals surface area contributed by atoms with Crippen molar-refractivity contribution in [2.24, 2.45) is 0 Å². The first-order chi connectivity index (χ1) is 10.1. The maximum Gasteiger partial charge on any atom is 0.137 e. The van der Waals surface area contributed by atoms with Crippen LogP contribution in [0.25, 0.3) is 16.9 Å². The van der Waals surface area contributed by atoms with E-state index in [1.54, 1.807) is 14.0 Å². The van der Waals surface area contributed by atoms with Crippen molar-refractivity contribution in [2.45, 2.75) is 20.0 Å². The van der Waals surface area contributed by atoms with Crippen LogP contribution in [0, 0.1) is 6.92 Å². The Morgan fingerprint density at radius 1 is 1.14 bits per heavy atom. The number of imidazole rings is 1. The zero-order valence-corrected chi connectivity index (χ0v) is 12.4. The molecule has 1 unspecified atom stereocenters. The Balaban J connectivity index is 2.37. The van der Waals surface area contributed by atoms with Gasteiger partial charge in [-0.15, -0.1) is 0 Å². The minimum atomic E-state index is -0.624. The van der Waals surface area contributed by atoms with Gasteiger partial charge in [0.05, 0.1) is 24.6 Å². The molecule has 0 aliphatic carbocycles. The standard InChI is InChI=1S/C17H18N2O2/c1-11-7-6-10-15-18-16(17(12(2)20)19(11)15)13-8-4-5-9-14(13)21-3/h4-10,12,20H,1-3H3. The predicted molar refractivity (Wildman–Crippen MR) is 82.6 cm³/mol. The van der Waals surface area contributed by atoms with Crippen LogP contribution in [0.3, 0.4) is 0 Å². The van der Waals surface area contributed by atoms with E-state index in [0.29, 0.717) is 0 Å². The minimum absolute atomic E-state index is 0.624. The van der Waals surface area contributed by atoms with Gasteiger partial charge in [-0.3, -0.25) is 4.40 Å². The van der Waals surface area contributed by atoms with Gasteiger partial charge in [-0.1, -0.05) is 18.2 Å². The van der Waals surface area contributed by atoms with Crippen LogP contribution < -0.4 is 4.74 Å². The van der Waals surface area contributed by atoms with Gasteiger partial charge in [-0.25, -0.2) is 4.98 Å². The molecule has 0 bridgehead atoms. The summed E-state index contributed by atoms with van der Waals surface area (Å²) in [6.07, 6.45) is -0.624. The van der Waals surface area contributed by atoms with E-state index < -0.39 is 6.10 Å². The van der Waals surface area contributed by atoms with Gasteiger partial charge in [0, 0.05) is 11.3 Å². The first-order valence-electron chi connectivity index (χ1n) is 6.93. The SMILES string of the molecule is COc1ccccc1-c1nc2cccc(C)n2c1C(C)O. The Kier molecular flexibility index (Phi) is 3.39. The summed E-state index contributed by atoms with van der Waals surface area (Å²) < 4.78 is 7.42. The van der Waals surface area contributed by atoms with Crippen molar-refractivity contribution in [3.63, 3.8) is 0 Å². The molecule has 0 fully saturated rings. The number of hydrogen-bond donors (Lipinski definition) is 1. The second-order valence-corrected chi connectivity index (χ2v) is 5.08. The highest BCUT2D eigenvalue weighted by atomic mass is 16.5. The number of methoxy groups -OCH3 is 1. The third-order valence-electron chi connectivity index (χ3n) is 3.63. The van der Waals surface area contributed by atoms with Crippen molar-refractivity contribution in [1.29, 1.82) is 0 Å². The van der Waals surface area contributed by atoms with Crippen molar-refractivity contribution in [1.82, 2.24) is 9.38 Å². The van der Waals surface area contributed by atoms with E-state index in [1.165, 1.54) is 0 Å². The molecule has 1 N–H and O–H groups in total. The normalized spacial score (nSPS) is 12.6. The van der Waals surface area contributed by atoms with Gasteiger partial charge in [-0.2, -0.15) is 0 Å². The zero-order chi connectivity index (χ0) is 15.0. The molecule has 0 aliphatic heterocycles.